The van der Waals surface area contributed by atoms with Gasteiger partial charge in [0, 0.05) is 12.1 Å². The second kappa shape index (κ2) is 10.7. The Morgan fingerprint density at radius 2 is 1.89 bits per heavy atom. The van der Waals surface area contributed by atoms with Crippen LogP contribution in [0.1, 0.15) is 38.7 Å². The van der Waals surface area contributed by atoms with Gasteiger partial charge in [-0.25, -0.2) is 0 Å². The van der Waals surface area contributed by atoms with Crippen LogP contribution in [-0.4, -0.2) is 29.5 Å². The molecular formula is C20H28N4O2S. The lowest BCUT2D eigenvalue weighted by molar-refractivity contribution is -0.124. The zero-order valence-corrected chi connectivity index (χ0v) is 16.6. The molecule has 2 rings (SSSR count). The van der Waals surface area contributed by atoms with Crippen LogP contribution in [0.5, 0.6) is 0 Å². The third-order valence-corrected chi connectivity index (χ3v) is 5.21. The van der Waals surface area contributed by atoms with E-state index in [1.807, 2.05) is 30.3 Å². The van der Waals surface area contributed by atoms with E-state index in [0.29, 0.717) is 23.0 Å². The van der Waals surface area contributed by atoms with Crippen LogP contribution >= 0.6 is 12.2 Å². The molecule has 1 aromatic carbocycles. The van der Waals surface area contributed by atoms with Gasteiger partial charge in [-0.05, 0) is 42.1 Å². The molecular weight excluding hydrogens is 360 g/mol. The van der Waals surface area contributed by atoms with E-state index in [-0.39, 0.29) is 18.4 Å². The molecule has 146 valence electrons. The number of rotatable bonds is 5. The van der Waals surface area contributed by atoms with Crippen LogP contribution in [0.3, 0.4) is 0 Å². The quantitative estimate of drug-likeness (QED) is 0.353. The van der Waals surface area contributed by atoms with E-state index in [1.54, 1.807) is 6.08 Å². The molecule has 0 aliphatic heterocycles. The molecule has 0 heterocycles. The third-order valence-electron chi connectivity index (χ3n) is 4.99. The highest BCUT2D eigenvalue weighted by Crippen LogP contribution is 2.29. The number of thiocarbonyl (C=S) groups is 1. The van der Waals surface area contributed by atoms with Crippen LogP contribution in [-0.2, 0) is 9.59 Å². The van der Waals surface area contributed by atoms with E-state index in [0.717, 1.165) is 12.0 Å². The van der Waals surface area contributed by atoms with Crippen molar-refractivity contribution in [3.8, 4) is 0 Å². The first kappa shape index (κ1) is 20.9. The van der Waals surface area contributed by atoms with Crippen LogP contribution in [0.25, 0.3) is 6.08 Å². The number of amides is 2. The summed E-state index contributed by atoms with van der Waals surface area (Å²) in [6.45, 7) is 4.34. The summed E-state index contributed by atoms with van der Waals surface area (Å²) in [6, 6.07) is 9.78. The summed E-state index contributed by atoms with van der Waals surface area (Å²) in [4.78, 5) is 23.6. The van der Waals surface area contributed by atoms with E-state index < -0.39 is 0 Å². The lowest BCUT2D eigenvalue weighted by Gasteiger charge is -2.35. The number of hydrogen-bond acceptors (Lipinski definition) is 3. The third kappa shape index (κ3) is 7.38. The SMILES string of the molecule is C[C@@H]1[C@H](C)CCC[C@H]1NC(=S)NNC(=O)CNC(=O)/C=C/c1ccccc1. The molecule has 1 saturated carbocycles. The van der Waals surface area contributed by atoms with Gasteiger partial charge in [0.25, 0.3) is 5.91 Å². The number of carbonyl (C=O) groups is 2. The monoisotopic (exact) mass is 388 g/mol. The zero-order chi connectivity index (χ0) is 19.6. The van der Waals surface area contributed by atoms with Gasteiger partial charge in [-0.2, -0.15) is 0 Å². The highest BCUT2D eigenvalue weighted by atomic mass is 32.1. The van der Waals surface area contributed by atoms with Gasteiger partial charge in [0.2, 0.25) is 5.91 Å². The maximum Gasteiger partial charge on any atom is 0.257 e. The van der Waals surface area contributed by atoms with E-state index in [4.69, 9.17) is 12.2 Å². The maximum absolute atomic E-state index is 11.8. The Kier molecular flexibility index (Phi) is 8.26. The molecule has 0 radical (unpaired) electrons. The molecule has 3 atom stereocenters. The minimum atomic E-state index is -0.370. The van der Waals surface area contributed by atoms with Crippen LogP contribution in [0, 0.1) is 11.8 Å². The molecule has 1 aliphatic carbocycles. The minimum absolute atomic E-state index is 0.134. The Hall–Kier alpha value is -2.41. The number of carbonyl (C=O) groups excluding carboxylic acids is 2. The number of benzene rings is 1. The Labute approximate surface area is 166 Å². The summed E-state index contributed by atoms with van der Waals surface area (Å²) < 4.78 is 0. The Morgan fingerprint density at radius 1 is 1.15 bits per heavy atom. The summed E-state index contributed by atoms with van der Waals surface area (Å²) in [6.07, 6.45) is 6.59. The summed E-state index contributed by atoms with van der Waals surface area (Å²) in [7, 11) is 0. The van der Waals surface area contributed by atoms with Crippen molar-refractivity contribution >= 4 is 35.2 Å². The largest absolute Gasteiger partial charge is 0.358 e. The van der Waals surface area contributed by atoms with Gasteiger partial charge in [-0.3, -0.25) is 20.4 Å². The molecule has 0 saturated heterocycles. The van der Waals surface area contributed by atoms with Crippen LogP contribution in [0.2, 0.25) is 0 Å². The maximum atomic E-state index is 11.8. The van der Waals surface area contributed by atoms with E-state index in [2.05, 4.69) is 35.3 Å². The van der Waals surface area contributed by atoms with Crippen LogP contribution in [0.4, 0.5) is 0 Å². The average molecular weight is 389 g/mol. The van der Waals surface area contributed by atoms with Crippen molar-refractivity contribution in [2.75, 3.05) is 6.54 Å². The minimum Gasteiger partial charge on any atom is -0.358 e. The van der Waals surface area contributed by atoms with Crippen molar-refractivity contribution < 1.29 is 9.59 Å². The average Bonchev–Trinajstić information content (AvgIpc) is 2.67. The normalized spacial score (nSPS) is 22.1. The molecule has 1 aromatic rings. The molecule has 0 bridgehead atoms. The number of hydrazine groups is 1. The molecule has 1 aliphatic rings. The van der Waals surface area contributed by atoms with Gasteiger partial charge >= 0.3 is 0 Å². The first-order valence-corrected chi connectivity index (χ1v) is 9.73. The van der Waals surface area contributed by atoms with Gasteiger partial charge < -0.3 is 10.6 Å². The predicted molar refractivity (Wildman–Crippen MR) is 111 cm³/mol. The lowest BCUT2D eigenvalue weighted by atomic mass is 9.78. The van der Waals surface area contributed by atoms with Crippen molar-refractivity contribution in [2.24, 2.45) is 11.8 Å². The molecule has 4 N–H and O–H groups in total. The summed E-state index contributed by atoms with van der Waals surface area (Å²) in [5, 5.41) is 6.19. The first-order chi connectivity index (χ1) is 13.0. The standard InChI is InChI=1S/C20H28N4O2S/c1-14-7-6-10-17(15(14)2)22-20(27)24-23-19(26)13-21-18(25)12-11-16-8-4-3-5-9-16/h3-5,8-9,11-12,14-15,17H,6-7,10,13H2,1-2H3,(H,21,25)(H,23,26)(H2,22,24,27)/b12-11+/t14-,15-,17-/m1/s1. The lowest BCUT2D eigenvalue weighted by Crippen LogP contribution is -2.53. The first-order valence-electron chi connectivity index (χ1n) is 9.32. The molecule has 7 heteroatoms. The van der Waals surface area contributed by atoms with Crippen LogP contribution in [0.15, 0.2) is 36.4 Å². The van der Waals surface area contributed by atoms with Gasteiger partial charge in [0.15, 0.2) is 5.11 Å². The topological polar surface area (TPSA) is 82.3 Å². The van der Waals surface area contributed by atoms with E-state index >= 15 is 0 Å². The molecule has 1 fully saturated rings. The van der Waals surface area contributed by atoms with Crippen molar-refractivity contribution in [1.29, 1.82) is 0 Å². The van der Waals surface area contributed by atoms with Gasteiger partial charge in [-0.1, -0.05) is 57.0 Å². The second-order valence-corrected chi connectivity index (χ2v) is 7.39. The highest BCUT2D eigenvalue weighted by Gasteiger charge is 2.27. The number of hydrogen-bond donors (Lipinski definition) is 4. The van der Waals surface area contributed by atoms with Gasteiger partial charge in [0.05, 0.1) is 6.54 Å². The summed E-state index contributed by atoms with van der Waals surface area (Å²) in [5.74, 6) is 0.489. The molecule has 0 unspecified atom stereocenters. The second-order valence-electron chi connectivity index (χ2n) is 6.98. The van der Waals surface area contributed by atoms with Crippen molar-refractivity contribution in [2.45, 2.75) is 39.2 Å². The Balaban J connectivity index is 1.64. The molecule has 0 spiro atoms. The predicted octanol–water partition coefficient (Wildman–Crippen LogP) is 2.14. The summed E-state index contributed by atoms with van der Waals surface area (Å²) >= 11 is 5.24. The van der Waals surface area contributed by atoms with Gasteiger partial charge in [0.1, 0.15) is 0 Å². The molecule has 6 nitrogen and oxygen atoms in total. The smallest absolute Gasteiger partial charge is 0.257 e. The molecule has 0 aromatic heterocycles. The van der Waals surface area contributed by atoms with E-state index in [9.17, 15) is 9.59 Å². The van der Waals surface area contributed by atoms with Crippen molar-refractivity contribution in [1.82, 2.24) is 21.5 Å². The fraction of sp³-hybridized carbons (Fsp3) is 0.450. The fourth-order valence-corrected chi connectivity index (χ4v) is 3.33. The Bertz CT molecular complexity index is 678. The van der Waals surface area contributed by atoms with Gasteiger partial charge in [-0.15, -0.1) is 0 Å². The number of nitrogens with one attached hydrogen (secondary N) is 4. The van der Waals surface area contributed by atoms with E-state index in [1.165, 1.54) is 18.9 Å². The highest BCUT2D eigenvalue weighted by molar-refractivity contribution is 7.80. The molecule has 2 amide bonds. The van der Waals surface area contributed by atoms with Crippen molar-refractivity contribution in [3.63, 3.8) is 0 Å². The summed E-state index contributed by atoms with van der Waals surface area (Å²) in [5.41, 5.74) is 6.11. The molecule has 27 heavy (non-hydrogen) atoms. The fourth-order valence-electron chi connectivity index (χ4n) is 3.12. The Morgan fingerprint density at radius 3 is 2.63 bits per heavy atom. The van der Waals surface area contributed by atoms with Crippen LogP contribution < -0.4 is 21.5 Å². The zero-order valence-electron chi connectivity index (χ0n) is 15.8. The van der Waals surface area contributed by atoms with Crippen molar-refractivity contribution in [3.05, 3.63) is 42.0 Å².